The number of aromatic nitrogens is 2. The zero-order valence-corrected chi connectivity index (χ0v) is 15.6. The summed E-state index contributed by atoms with van der Waals surface area (Å²) in [5.74, 6) is -0.690. The molecule has 0 aromatic carbocycles. The van der Waals surface area contributed by atoms with Gasteiger partial charge in [-0.05, 0) is 18.8 Å². The van der Waals surface area contributed by atoms with E-state index in [0.717, 1.165) is 11.0 Å². The number of ether oxygens (including phenoxy) is 2. The second-order valence-electron chi connectivity index (χ2n) is 7.22. The van der Waals surface area contributed by atoms with Crippen molar-refractivity contribution in [3.05, 3.63) is 22.7 Å². The van der Waals surface area contributed by atoms with Crippen LogP contribution in [0.5, 0.6) is 0 Å². The number of nitrogens with zero attached hydrogens (tertiary/aromatic N) is 2. The molecular weight excluding hydrogens is 374 g/mol. The van der Waals surface area contributed by atoms with Crippen molar-refractivity contribution in [2.24, 2.45) is 5.92 Å². The molecule has 0 spiro atoms. The number of aliphatic hydroxyl groups excluding tert-OH is 3. The summed E-state index contributed by atoms with van der Waals surface area (Å²) in [6, 6.07) is 1.35. The Labute approximate surface area is 160 Å². The van der Waals surface area contributed by atoms with E-state index in [2.05, 4.69) is 10.5 Å². The molecule has 1 aromatic heterocycles. The number of hydrogen-bond acceptors (Lipinski definition) is 10. The summed E-state index contributed by atoms with van der Waals surface area (Å²) in [7, 11) is 0. The Morgan fingerprint density at radius 1 is 1.46 bits per heavy atom. The van der Waals surface area contributed by atoms with E-state index in [4.69, 9.17) is 19.4 Å². The van der Waals surface area contributed by atoms with Gasteiger partial charge in [-0.2, -0.15) is 4.98 Å². The summed E-state index contributed by atoms with van der Waals surface area (Å²) < 4.78 is 11.9. The average Bonchev–Trinajstić information content (AvgIpc) is 3.27. The Balaban J connectivity index is 1.68. The van der Waals surface area contributed by atoms with Gasteiger partial charge < -0.3 is 29.6 Å². The maximum absolute atomic E-state index is 12.5. The predicted molar refractivity (Wildman–Crippen MR) is 94.0 cm³/mol. The highest BCUT2D eigenvalue weighted by molar-refractivity contribution is 5.80. The van der Waals surface area contributed by atoms with E-state index in [1.54, 1.807) is 0 Å². The molecule has 11 nitrogen and oxygen atoms in total. The molecule has 11 heteroatoms. The van der Waals surface area contributed by atoms with Gasteiger partial charge >= 0.3 is 11.7 Å². The topological polar surface area (TPSA) is 152 Å². The van der Waals surface area contributed by atoms with E-state index in [0.29, 0.717) is 13.0 Å². The van der Waals surface area contributed by atoms with E-state index >= 15 is 0 Å². The van der Waals surface area contributed by atoms with Crippen LogP contribution < -0.4 is 11.2 Å². The molecular formula is C17H25N3O8. The highest BCUT2D eigenvalue weighted by atomic mass is 16.7. The quantitative estimate of drug-likeness (QED) is 0.435. The standard InChI is InChI=1S/C17H25N3O8/c1-9(2)17(5-3-7-26-17)15(24)28-19-11-4-6-20(16(25)18-11)14-13(23)12(22)10(8-21)27-14/h4,6,9-10,12-14,21-23H,3,5,7-8H2,1-2H3,(H,18,19,25)/t10-,12-,13-,14-,17+/m1/s1. The third-order valence-electron chi connectivity index (χ3n) is 5.20. The van der Waals surface area contributed by atoms with E-state index in [1.165, 1.54) is 12.3 Å². The fraction of sp³-hybridized carbons (Fsp3) is 0.706. The van der Waals surface area contributed by atoms with Gasteiger partial charge in [-0.1, -0.05) is 13.8 Å². The van der Waals surface area contributed by atoms with Crippen molar-refractivity contribution in [3.63, 3.8) is 0 Å². The van der Waals surface area contributed by atoms with Crippen LogP contribution >= 0.6 is 0 Å². The molecule has 3 heterocycles. The van der Waals surface area contributed by atoms with Gasteiger partial charge in [-0.25, -0.2) is 15.1 Å². The minimum atomic E-state index is -1.40. The van der Waals surface area contributed by atoms with Gasteiger partial charge in [0, 0.05) is 18.9 Å². The molecule has 2 aliphatic heterocycles. The van der Waals surface area contributed by atoms with Crippen molar-refractivity contribution in [2.45, 2.75) is 56.8 Å². The maximum Gasteiger partial charge on any atom is 0.363 e. The minimum Gasteiger partial charge on any atom is -0.394 e. The van der Waals surface area contributed by atoms with Gasteiger partial charge in [0.15, 0.2) is 17.6 Å². The molecule has 4 N–H and O–H groups in total. The zero-order valence-electron chi connectivity index (χ0n) is 15.6. The van der Waals surface area contributed by atoms with Gasteiger partial charge in [0.1, 0.15) is 18.3 Å². The first-order valence-corrected chi connectivity index (χ1v) is 9.13. The lowest BCUT2D eigenvalue weighted by molar-refractivity contribution is -0.169. The lowest BCUT2D eigenvalue weighted by atomic mass is 9.88. The van der Waals surface area contributed by atoms with Crippen LogP contribution in [0, 0.1) is 5.92 Å². The Bertz CT molecular complexity index is 761. The minimum absolute atomic E-state index is 0.0155. The summed E-state index contributed by atoms with van der Waals surface area (Å²) in [6.45, 7) is 3.71. The smallest absolute Gasteiger partial charge is 0.363 e. The molecule has 5 atom stereocenters. The number of hydrogen-bond donors (Lipinski definition) is 4. The molecule has 156 valence electrons. The molecule has 0 bridgehead atoms. The number of aliphatic hydroxyl groups is 3. The Hall–Kier alpha value is -2.05. The second kappa shape index (κ2) is 8.13. The third-order valence-corrected chi connectivity index (χ3v) is 5.20. The molecule has 2 fully saturated rings. The highest BCUT2D eigenvalue weighted by Crippen LogP contribution is 2.34. The van der Waals surface area contributed by atoms with Crippen molar-refractivity contribution in [3.8, 4) is 0 Å². The molecule has 0 amide bonds. The SMILES string of the molecule is CC(C)[C@]1(C(=O)ONc2ccn([C@@H]3O[C@H](CO)[C@@H](O)[C@H]3O)c(=O)n2)CCCO1. The van der Waals surface area contributed by atoms with Crippen LogP contribution in [0.15, 0.2) is 17.1 Å². The monoisotopic (exact) mass is 399 g/mol. The summed E-state index contributed by atoms with van der Waals surface area (Å²) in [4.78, 5) is 33.6. The van der Waals surface area contributed by atoms with E-state index in [1.807, 2.05) is 13.8 Å². The van der Waals surface area contributed by atoms with E-state index in [9.17, 15) is 19.8 Å². The third kappa shape index (κ3) is 3.63. The lowest BCUT2D eigenvalue weighted by Crippen LogP contribution is -2.45. The van der Waals surface area contributed by atoms with Crippen LogP contribution in [0.25, 0.3) is 0 Å². The van der Waals surface area contributed by atoms with Gasteiger partial charge in [-0.15, -0.1) is 0 Å². The average molecular weight is 399 g/mol. The van der Waals surface area contributed by atoms with Gasteiger partial charge in [0.25, 0.3) is 0 Å². The van der Waals surface area contributed by atoms with Crippen molar-refractivity contribution >= 4 is 11.8 Å². The van der Waals surface area contributed by atoms with E-state index < -0.39 is 48.4 Å². The molecule has 0 radical (unpaired) electrons. The summed E-state index contributed by atoms with van der Waals surface area (Å²) in [5.41, 5.74) is 0.525. The van der Waals surface area contributed by atoms with Crippen molar-refractivity contribution < 1.29 is 34.4 Å². The van der Waals surface area contributed by atoms with Crippen LogP contribution in [0.4, 0.5) is 5.82 Å². The number of carbonyl (C=O) groups is 1. The normalized spacial score (nSPS) is 32.6. The fourth-order valence-electron chi connectivity index (χ4n) is 3.47. The Morgan fingerprint density at radius 3 is 2.75 bits per heavy atom. The lowest BCUT2D eigenvalue weighted by Gasteiger charge is -2.29. The van der Waals surface area contributed by atoms with Crippen molar-refractivity contribution in [1.82, 2.24) is 9.55 Å². The first-order chi connectivity index (χ1) is 13.3. The molecule has 28 heavy (non-hydrogen) atoms. The molecule has 2 aliphatic rings. The Kier molecular flexibility index (Phi) is 6.01. The number of nitrogens with one attached hydrogen (secondary N) is 1. The van der Waals surface area contributed by atoms with Crippen LogP contribution in [0.3, 0.4) is 0 Å². The van der Waals surface area contributed by atoms with Crippen LogP contribution in [0.1, 0.15) is 32.9 Å². The largest absolute Gasteiger partial charge is 0.394 e. The molecule has 3 rings (SSSR count). The maximum atomic E-state index is 12.5. The van der Waals surface area contributed by atoms with Gasteiger partial charge in [0.05, 0.1) is 6.61 Å². The van der Waals surface area contributed by atoms with Crippen molar-refractivity contribution in [2.75, 3.05) is 18.7 Å². The fourth-order valence-corrected chi connectivity index (χ4v) is 3.47. The predicted octanol–water partition coefficient (Wildman–Crippen LogP) is -1.07. The van der Waals surface area contributed by atoms with Crippen LogP contribution in [-0.4, -0.2) is 68.0 Å². The highest BCUT2D eigenvalue weighted by Gasteiger charge is 2.47. The zero-order chi connectivity index (χ0) is 20.5. The van der Waals surface area contributed by atoms with Crippen molar-refractivity contribution in [1.29, 1.82) is 0 Å². The number of anilines is 1. The molecule has 0 unspecified atom stereocenters. The molecule has 1 aromatic rings. The van der Waals surface area contributed by atoms with Crippen LogP contribution in [-0.2, 0) is 19.1 Å². The number of carbonyl (C=O) groups excluding carboxylic acids is 1. The number of rotatable bonds is 6. The van der Waals surface area contributed by atoms with Gasteiger partial charge in [-0.3, -0.25) is 4.57 Å². The first-order valence-electron chi connectivity index (χ1n) is 9.13. The van der Waals surface area contributed by atoms with E-state index in [-0.39, 0.29) is 11.7 Å². The summed E-state index contributed by atoms with van der Waals surface area (Å²) >= 11 is 0. The summed E-state index contributed by atoms with van der Waals surface area (Å²) in [5, 5.41) is 28.9. The summed E-state index contributed by atoms with van der Waals surface area (Å²) in [6.07, 6.45) is -2.37. The molecule has 0 saturated carbocycles. The first kappa shape index (κ1) is 20.7. The second-order valence-corrected chi connectivity index (χ2v) is 7.22. The van der Waals surface area contributed by atoms with Crippen LogP contribution in [0.2, 0.25) is 0 Å². The Morgan fingerprint density at radius 2 is 2.21 bits per heavy atom. The molecule has 2 saturated heterocycles. The van der Waals surface area contributed by atoms with Gasteiger partial charge in [0.2, 0.25) is 0 Å². The molecule has 0 aliphatic carbocycles.